The third kappa shape index (κ3) is 5.30. The predicted molar refractivity (Wildman–Crippen MR) is 140 cm³/mol. The van der Waals surface area contributed by atoms with Crippen LogP contribution in [0.5, 0.6) is 0 Å². The van der Waals surface area contributed by atoms with Gasteiger partial charge in [-0.15, -0.1) is 0 Å². The van der Waals surface area contributed by atoms with E-state index >= 15 is 0 Å². The van der Waals surface area contributed by atoms with Gasteiger partial charge in [-0.3, -0.25) is 0 Å². The Bertz CT molecular complexity index is 924. The van der Waals surface area contributed by atoms with Crippen molar-refractivity contribution >= 4 is 5.69 Å². The Morgan fingerprint density at radius 2 is 1.75 bits per heavy atom. The second-order valence-electron chi connectivity index (χ2n) is 10.4. The fourth-order valence-electron chi connectivity index (χ4n) is 5.81. The van der Waals surface area contributed by atoms with Crippen LogP contribution in [0.2, 0.25) is 0 Å². The fourth-order valence-corrected chi connectivity index (χ4v) is 5.81. The molecule has 172 valence electrons. The first-order valence-corrected chi connectivity index (χ1v) is 13.2. The molecule has 0 aromatic heterocycles. The summed E-state index contributed by atoms with van der Waals surface area (Å²) >= 11 is 0. The standard InChI is InChI=1S/C31H43N/c1-5-7-8-10-25-14-16-28(25)21-32-22-29(17-15-26-13-11-24(4)20-31(26)32)30-18-12-23(3)19-27(30)9-6-2/h8,10-13,18-20,25,28-29H,5-7,9,14-17,21-22H2,1-4H3/b10-8+. The van der Waals surface area contributed by atoms with Gasteiger partial charge in [0, 0.05) is 24.7 Å². The lowest BCUT2D eigenvalue weighted by atomic mass is 9.73. The van der Waals surface area contributed by atoms with Crippen LogP contribution in [0, 0.1) is 25.7 Å². The van der Waals surface area contributed by atoms with Gasteiger partial charge in [0.25, 0.3) is 0 Å². The Hall–Kier alpha value is -2.02. The summed E-state index contributed by atoms with van der Waals surface area (Å²) in [4.78, 5) is 2.78. The van der Waals surface area contributed by atoms with Crippen LogP contribution < -0.4 is 4.90 Å². The van der Waals surface area contributed by atoms with Crippen LogP contribution in [0.15, 0.2) is 48.6 Å². The van der Waals surface area contributed by atoms with E-state index in [0.717, 1.165) is 18.4 Å². The van der Waals surface area contributed by atoms with E-state index in [-0.39, 0.29) is 0 Å². The van der Waals surface area contributed by atoms with Crippen molar-refractivity contribution < 1.29 is 0 Å². The summed E-state index contributed by atoms with van der Waals surface area (Å²) in [5.74, 6) is 2.22. The minimum Gasteiger partial charge on any atom is -0.370 e. The Morgan fingerprint density at radius 3 is 2.50 bits per heavy atom. The van der Waals surface area contributed by atoms with Crippen LogP contribution in [0.1, 0.15) is 86.1 Å². The molecule has 3 unspecified atom stereocenters. The number of aryl methyl sites for hydroxylation is 4. The molecule has 0 radical (unpaired) electrons. The zero-order valence-corrected chi connectivity index (χ0v) is 20.9. The predicted octanol–water partition coefficient (Wildman–Crippen LogP) is 8.17. The van der Waals surface area contributed by atoms with Gasteiger partial charge in [0.15, 0.2) is 0 Å². The van der Waals surface area contributed by atoms with Crippen molar-refractivity contribution in [3.05, 3.63) is 76.4 Å². The van der Waals surface area contributed by atoms with E-state index in [1.165, 1.54) is 74.7 Å². The first-order valence-electron chi connectivity index (χ1n) is 13.2. The molecule has 1 heteroatoms. The van der Waals surface area contributed by atoms with Gasteiger partial charge in [-0.2, -0.15) is 0 Å². The van der Waals surface area contributed by atoms with Gasteiger partial charge in [-0.25, -0.2) is 0 Å². The van der Waals surface area contributed by atoms with E-state index in [9.17, 15) is 0 Å². The number of unbranched alkanes of at least 4 members (excludes halogenated alkanes) is 1. The van der Waals surface area contributed by atoms with Gasteiger partial charge in [0.05, 0.1) is 0 Å². The lowest BCUT2D eigenvalue weighted by Crippen LogP contribution is -2.39. The highest BCUT2D eigenvalue weighted by Crippen LogP contribution is 2.40. The van der Waals surface area contributed by atoms with Gasteiger partial charge >= 0.3 is 0 Å². The van der Waals surface area contributed by atoms with Gasteiger partial charge < -0.3 is 4.90 Å². The average Bonchev–Trinajstić information content (AvgIpc) is 2.94. The van der Waals surface area contributed by atoms with Crippen LogP contribution in [-0.2, 0) is 12.8 Å². The van der Waals surface area contributed by atoms with Gasteiger partial charge in [0.2, 0.25) is 0 Å². The monoisotopic (exact) mass is 429 g/mol. The zero-order valence-electron chi connectivity index (χ0n) is 20.9. The normalized spacial score (nSPS) is 23.1. The van der Waals surface area contributed by atoms with Crippen molar-refractivity contribution in [2.45, 2.75) is 85.0 Å². The number of allylic oxidation sites excluding steroid dienone is 2. The third-order valence-corrected chi connectivity index (χ3v) is 7.81. The van der Waals surface area contributed by atoms with E-state index in [4.69, 9.17) is 0 Å². The van der Waals surface area contributed by atoms with Crippen molar-refractivity contribution in [3.63, 3.8) is 0 Å². The lowest BCUT2D eigenvalue weighted by Gasteiger charge is -2.40. The Kier molecular flexibility index (Phi) is 7.76. The highest BCUT2D eigenvalue weighted by molar-refractivity contribution is 5.57. The second kappa shape index (κ2) is 10.7. The largest absolute Gasteiger partial charge is 0.370 e. The van der Waals surface area contributed by atoms with Crippen LogP contribution in [0.3, 0.4) is 0 Å². The third-order valence-electron chi connectivity index (χ3n) is 7.81. The molecule has 1 aliphatic heterocycles. The summed E-state index contributed by atoms with van der Waals surface area (Å²) in [6.07, 6.45) is 15.1. The maximum atomic E-state index is 2.78. The highest BCUT2D eigenvalue weighted by Gasteiger charge is 2.33. The topological polar surface area (TPSA) is 3.24 Å². The van der Waals surface area contributed by atoms with E-state index in [2.05, 4.69) is 81.1 Å². The maximum Gasteiger partial charge on any atom is 0.0401 e. The molecule has 1 fully saturated rings. The molecule has 1 saturated carbocycles. The molecule has 2 aromatic carbocycles. The number of hydrogen-bond donors (Lipinski definition) is 0. The van der Waals surface area contributed by atoms with Crippen molar-refractivity contribution in [2.75, 3.05) is 18.0 Å². The molecule has 0 amide bonds. The maximum absolute atomic E-state index is 2.78. The first-order chi connectivity index (χ1) is 15.6. The van der Waals surface area contributed by atoms with Crippen molar-refractivity contribution in [1.29, 1.82) is 0 Å². The molecule has 2 aliphatic rings. The lowest BCUT2D eigenvalue weighted by molar-refractivity contribution is 0.229. The Balaban J connectivity index is 1.60. The molecule has 3 atom stereocenters. The van der Waals surface area contributed by atoms with E-state index in [1.807, 2.05) is 0 Å². The van der Waals surface area contributed by atoms with Crippen LogP contribution in [-0.4, -0.2) is 13.1 Å². The number of hydrogen-bond acceptors (Lipinski definition) is 1. The molecule has 0 saturated heterocycles. The zero-order chi connectivity index (χ0) is 22.5. The molecule has 32 heavy (non-hydrogen) atoms. The average molecular weight is 430 g/mol. The first kappa shape index (κ1) is 23.1. The summed E-state index contributed by atoms with van der Waals surface area (Å²) in [6.45, 7) is 11.5. The minimum atomic E-state index is 0.624. The summed E-state index contributed by atoms with van der Waals surface area (Å²) in [5, 5.41) is 0. The van der Waals surface area contributed by atoms with Crippen LogP contribution in [0.4, 0.5) is 5.69 Å². The molecule has 0 N–H and O–H groups in total. The van der Waals surface area contributed by atoms with Crippen LogP contribution >= 0.6 is 0 Å². The SMILES string of the molecule is CCC/C=C/C1CCC1CN1CC(c2ccc(C)cc2CCC)CCc2ccc(C)cc21. The number of rotatable bonds is 8. The molecule has 1 heterocycles. The summed E-state index contributed by atoms with van der Waals surface area (Å²) in [7, 11) is 0. The fraction of sp³-hybridized carbons (Fsp3) is 0.548. The quantitative estimate of drug-likeness (QED) is 0.382. The number of nitrogens with zero attached hydrogens (tertiary/aromatic N) is 1. The summed E-state index contributed by atoms with van der Waals surface area (Å²) in [6, 6.07) is 14.4. The number of anilines is 1. The van der Waals surface area contributed by atoms with E-state index in [1.54, 1.807) is 16.7 Å². The molecular weight excluding hydrogens is 386 g/mol. The molecule has 4 rings (SSSR count). The number of benzene rings is 2. The Morgan fingerprint density at radius 1 is 0.938 bits per heavy atom. The van der Waals surface area contributed by atoms with Crippen molar-refractivity contribution in [2.24, 2.45) is 11.8 Å². The number of fused-ring (bicyclic) bond motifs is 1. The molecule has 1 nitrogen and oxygen atoms in total. The summed E-state index contributed by atoms with van der Waals surface area (Å²) in [5.41, 5.74) is 9.06. The highest BCUT2D eigenvalue weighted by atomic mass is 15.1. The van der Waals surface area contributed by atoms with Gasteiger partial charge in [-0.05, 0) is 92.5 Å². The van der Waals surface area contributed by atoms with Gasteiger partial charge in [0.1, 0.15) is 0 Å². The van der Waals surface area contributed by atoms with E-state index < -0.39 is 0 Å². The molecule has 1 aliphatic carbocycles. The van der Waals surface area contributed by atoms with Gasteiger partial charge in [-0.1, -0.05) is 74.7 Å². The molecular formula is C31H43N. The van der Waals surface area contributed by atoms with Crippen LogP contribution in [0.25, 0.3) is 0 Å². The second-order valence-corrected chi connectivity index (χ2v) is 10.4. The smallest absolute Gasteiger partial charge is 0.0401 e. The van der Waals surface area contributed by atoms with Crippen molar-refractivity contribution in [3.8, 4) is 0 Å². The molecule has 2 aromatic rings. The summed E-state index contributed by atoms with van der Waals surface area (Å²) < 4.78 is 0. The minimum absolute atomic E-state index is 0.624. The Labute approximate surface area is 196 Å². The van der Waals surface area contributed by atoms with Crippen molar-refractivity contribution in [1.82, 2.24) is 0 Å². The van der Waals surface area contributed by atoms with E-state index in [0.29, 0.717) is 5.92 Å². The molecule has 0 bridgehead atoms. The molecule has 0 spiro atoms.